The van der Waals surface area contributed by atoms with E-state index in [1.165, 1.54) is 0 Å². The lowest BCUT2D eigenvalue weighted by atomic mass is 9.95. The summed E-state index contributed by atoms with van der Waals surface area (Å²) in [5.41, 5.74) is 9.39. The van der Waals surface area contributed by atoms with E-state index in [0.717, 1.165) is 35.4 Å². The van der Waals surface area contributed by atoms with E-state index in [-0.39, 0.29) is 0 Å². The summed E-state index contributed by atoms with van der Waals surface area (Å²) in [6.45, 7) is 0.816. The van der Waals surface area contributed by atoms with Crippen LogP contribution in [0.5, 0.6) is 5.75 Å². The highest BCUT2D eigenvalue weighted by molar-refractivity contribution is 5.74. The van der Waals surface area contributed by atoms with Crippen molar-refractivity contribution in [3.05, 3.63) is 48.0 Å². The molecule has 3 nitrogen and oxygen atoms in total. The van der Waals surface area contributed by atoms with E-state index in [0.29, 0.717) is 11.9 Å². The second-order valence-corrected chi connectivity index (χ2v) is 4.59. The molecular formula is C15H15NO2. The van der Waals surface area contributed by atoms with Gasteiger partial charge in [0.25, 0.3) is 0 Å². The minimum atomic E-state index is 0.304. The summed E-state index contributed by atoms with van der Waals surface area (Å²) in [6.07, 6.45) is 1.15. The molecule has 0 bridgehead atoms. The summed E-state index contributed by atoms with van der Waals surface area (Å²) in [4.78, 5) is 0. The van der Waals surface area contributed by atoms with Crippen LogP contribution in [0.3, 0.4) is 0 Å². The Labute approximate surface area is 106 Å². The lowest BCUT2D eigenvalue weighted by molar-refractivity contribution is 0.407. The molecule has 0 radical (unpaired) electrons. The number of rotatable bonds is 3. The minimum Gasteiger partial charge on any atom is -0.507 e. The van der Waals surface area contributed by atoms with Crippen LogP contribution in [0.2, 0.25) is 0 Å². The number of anilines is 1. The predicted octanol–water partition coefficient (Wildman–Crippen LogP) is 2.58. The normalized spacial score (nSPS) is 17.7. The van der Waals surface area contributed by atoms with Gasteiger partial charge in [-0.3, -0.25) is 0 Å². The smallest absolute Gasteiger partial charge is 0.123 e. The molecule has 92 valence electrons. The van der Waals surface area contributed by atoms with Crippen LogP contribution in [0.25, 0.3) is 11.1 Å². The second kappa shape index (κ2) is 4.35. The summed E-state index contributed by atoms with van der Waals surface area (Å²) in [5.74, 6) is 0.304. The molecule has 1 atom stereocenters. The van der Waals surface area contributed by atoms with Crippen LogP contribution in [0.1, 0.15) is 5.56 Å². The molecule has 0 aliphatic carbocycles. The van der Waals surface area contributed by atoms with Crippen molar-refractivity contribution in [1.82, 2.24) is 0 Å². The van der Waals surface area contributed by atoms with Crippen molar-refractivity contribution < 1.29 is 9.84 Å². The third kappa shape index (κ3) is 2.17. The maximum Gasteiger partial charge on any atom is 0.123 e. The zero-order chi connectivity index (χ0) is 12.5. The molecule has 2 aromatic carbocycles. The summed E-state index contributed by atoms with van der Waals surface area (Å²) in [7, 11) is 0. The topological polar surface area (TPSA) is 58.8 Å². The molecule has 0 spiro atoms. The van der Waals surface area contributed by atoms with E-state index in [1.54, 1.807) is 6.07 Å². The number of nitrogens with two attached hydrogens (primary N) is 1. The highest BCUT2D eigenvalue weighted by Crippen LogP contribution is 2.34. The molecule has 1 saturated heterocycles. The van der Waals surface area contributed by atoms with Crippen LogP contribution in [-0.4, -0.2) is 17.8 Å². The average molecular weight is 241 g/mol. The summed E-state index contributed by atoms with van der Waals surface area (Å²) in [5, 5.41) is 10.1. The van der Waals surface area contributed by atoms with E-state index in [1.807, 2.05) is 36.4 Å². The van der Waals surface area contributed by atoms with E-state index >= 15 is 0 Å². The standard InChI is InChI=1S/C15H15NO2/c16-12-6-4-10(5-7-12)15-11(8-13-9-18-13)2-1-3-14(15)17/h1-7,13,17H,8-9,16H2. The summed E-state index contributed by atoms with van der Waals surface area (Å²) >= 11 is 0. The van der Waals surface area contributed by atoms with Gasteiger partial charge in [0.1, 0.15) is 5.75 Å². The molecule has 1 heterocycles. The molecule has 18 heavy (non-hydrogen) atoms. The van der Waals surface area contributed by atoms with Crippen molar-refractivity contribution in [2.45, 2.75) is 12.5 Å². The molecule has 1 aliphatic heterocycles. The van der Waals surface area contributed by atoms with Crippen molar-refractivity contribution in [2.24, 2.45) is 0 Å². The van der Waals surface area contributed by atoms with Crippen molar-refractivity contribution >= 4 is 5.69 Å². The van der Waals surface area contributed by atoms with Crippen LogP contribution in [0.4, 0.5) is 5.69 Å². The molecule has 2 aromatic rings. The van der Waals surface area contributed by atoms with Gasteiger partial charge in [0.2, 0.25) is 0 Å². The van der Waals surface area contributed by atoms with E-state index in [9.17, 15) is 5.11 Å². The Hall–Kier alpha value is -2.00. The van der Waals surface area contributed by atoms with Crippen LogP contribution in [0.15, 0.2) is 42.5 Å². The highest BCUT2D eigenvalue weighted by Gasteiger charge is 2.24. The molecule has 0 amide bonds. The van der Waals surface area contributed by atoms with Crippen molar-refractivity contribution in [3.63, 3.8) is 0 Å². The van der Waals surface area contributed by atoms with Gasteiger partial charge in [-0.25, -0.2) is 0 Å². The molecule has 3 N–H and O–H groups in total. The Kier molecular flexibility index (Phi) is 2.68. The monoisotopic (exact) mass is 241 g/mol. The van der Waals surface area contributed by atoms with Crippen molar-refractivity contribution in [3.8, 4) is 16.9 Å². The number of ether oxygens (including phenoxy) is 1. The average Bonchev–Trinajstić information content (AvgIpc) is 3.15. The van der Waals surface area contributed by atoms with Gasteiger partial charge in [-0.15, -0.1) is 0 Å². The van der Waals surface area contributed by atoms with Gasteiger partial charge in [0, 0.05) is 17.7 Å². The highest BCUT2D eigenvalue weighted by atomic mass is 16.6. The molecule has 1 fully saturated rings. The molecule has 0 saturated carbocycles. The number of epoxide rings is 1. The van der Waals surface area contributed by atoms with Crippen molar-refractivity contribution in [1.29, 1.82) is 0 Å². The first-order valence-corrected chi connectivity index (χ1v) is 6.02. The first-order valence-electron chi connectivity index (χ1n) is 6.02. The third-order valence-corrected chi connectivity index (χ3v) is 3.18. The van der Waals surface area contributed by atoms with Crippen LogP contribution >= 0.6 is 0 Å². The zero-order valence-electron chi connectivity index (χ0n) is 9.97. The fourth-order valence-electron chi connectivity index (χ4n) is 2.17. The fourth-order valence-corrected chi connectivity index (χ4v) is 2.17. The molecule has 0 aromatic heterocycles. The SMILES string of the molecule is Nc1ccc(-c2c(O)cccc2CC2CO2)cc1. The van der Waals surface area contributed by atoms with E-state index in [2.05, 4.69) is 0 Å². The van der Waals surface area contributed by atoms with Gasteiger partial charge >= 0.3 is 0 Å². The molecule has 3 heteroatoms. The predicted molar refractivity (Wildman–Crippen MR) is 71.4 cm³/mol. The second-order valence-electron chi connectivity index (χ2n) is 4.59. The number of phenolic OH excluding ortho intramolecular Hbond substituents is 1. The Morgan fingerprint density at radius 1 is 1.17 bits per heavy atom. The molecular weight excluding hydrogens is 226 g/mol. The minimum absolute atomic E-state index is 0.304. The first kappa shape index (κ1) is 11.1. The van der Waals surface area contributed by atoms with Crippen LogP contribution < -0.4 is 5.73 Å². The van der Waals surface area contributed by atoms with Gasteiger partial charge in [-0.2, -0.15) is 0 Å². The van der Waals surface area contributed by atoms with E-state index in [4.69, 9.17) is 10.5 Å². The van der Waals surface area contributed by atoms with Crippen LogP contribution in [-0.2, 0) is 11.2 Å². The third-order valence-electron chi connectivity index (χ3n) is 3.18. The lowest BCUT2D eigenvalue weighted by Crippen LogP contribution is -1.96. The Morgan fingerprint density at radius 3 is 2.56 bits per heavy atom. The first-order chi connectivity index (χ1) is 8.74. The molecule has 1 unspecified atom stereocenters. The molecule has 1 aliphatic rings. The number of aromatic hydroxyl groups is 1. The maximum absolute atomic E-state index is 10.1. The number of hydrogen-bond acceptors (Lipinski definition) is 3. The van der Waals surface area contributed by atoms with Gasteiger partial charge in [0.05, 0.1) is 12.7 Å². The van der Waals surface area contributed by atoms with Gasteiger partial charge in [-0.05, 0) is 29.3 Å². The van der Waals surface area contributed by atoms with Gasteiger partial charge < -0.3 is 15.6 Å². The van der Waals surface area contributed by atoms with Gasteiger partial charge in [0.15, 0.2) is 0 Å². The Balaban J connectivity index is 2.05. The number of phenols is 1. The number of nitrogen functional groups attached to an aromatic ring is 1. The van der Waals surface area contributed by atoms with E-state index < -0.39 is 0 Å². The lowest BCUT2D eigenvalue weighted by Gasteiger charge is -2.11. The van der Waals surface area contributed by atoms with Crippen molar-refractivity contribution in [2.75, 3.05) is 12.3 Å². The number of hydrogen-bond donors (Lipinski definition) is 2. The van der Waals surface area contributed by atoms with Crippen LogP contribution in [0, 0.1) is 0 Å². The maximum atomic E-state index is 10.1. The molecule has 3 rings (SSSR count). The van der Waals surface area contributed by atoms with Gasteiger partial charge in [-0.1, -0.05) is 24.3 Å². The fraction of sp³-hybridized carbons (Fsp3) is 0.200. The Morgan fingerprint density at radius 2 is 1.89 bits per heavy atom. The zero-order valence-corrected chi connectivity index (χ0v) is 9.97. The Bertz CT molecular complexity index is 559. The number of benzene rings is 2. The summed E-state index contributed by atoms with van der Waals surface area (Å²) in [6, 6.07) is 13.2. The summed E-state index contributed by atoms with van der Waals surface area (Å²) < 4.78 is 5.26. The largest absolute Gasteiger partial charge is 0.507 e. The quantitative estimate of drug-likeness (QED) is 0.641.